The number of nitrogens with zero attached hydrogens (tertiary/aromatic N) is 1. The van der Waals surface area contributed by atoms with Crippen molar-refractivity contribution in [3.63, 3.8) is 0 Å². The summed E-state index contributed by atoms with van der Waals surface area (Å²) in [4.78, 5) is 68.9. The Morgan fingerprint density at radius 3 is 2.24 bits per heavy atom. The number of ketones is 5. The normalized spacial score (nSPS) is 35.6. The topological polar surface area (TPSA) is 179 Å². The van der Waals surface area contributed by atoms with Crippen LogP contribution >= 0.6 is 0 Å². The van der Waals surface area contributed by atoms with E-state index in [1.54, 1.807) is 59.8 Å². The maximum atomic E-state index is 17.6. The second kappa shape index (κ2) is 16.0. The fourth-order valence-electron chi connectivity index (χ4n) is 10.8. The molecule has 0 bridgehead atoms. The fraction of sp³-hybridized carbons (Fsp3) is 0.767. The molecule has 3 fully saturated rings. The van der Waals surface area contributed by atoms with Gasteiger partial charge < -0.3 is 20.4 Å². The van der Waals surface area contributed by atoms with Gasteiger partial charge in [0.2, 0.25) is 0 Å². The second-order valence-electron chi connectivity index (χ2n) is 18.4. The Labute approximate surface area is 320 Å². The van der Waals surface area contributed by atoms with Gasteiger partial charge in [-0.2, -0.15) is 0 Å². The average molecular weight is 758 g/mol. The summed E-state index contributed by atoms with van der Waals surface area (Å²) in [6.07, 6.45) is 5.76. The Morgan fingerprint density at radius 2 is 1.63 bits per heavy atom. The smallest absolute Gasteiger partial charge is 0.190 e. The Kier molecular flexibility index (Phi) is 13.1. The summed E-state index contributed by atoms with van der Waals surface area (Å²) in [5.74, 6) is -2.76. The molecule has 0 aliphatic heterocycles. The van der Waals surface area contributed by atoms with Gasteiger partial charge in [0.15, 0.2) is 17.2 Å². The molecule has 0 saturated heterocycles. The van der Waals surface area contributed by atoms with E-state index in [1.165, 1.54) is 0 Å². The van der Waals surface area contributed by atoms with Crippen molar-refractivity contribution in [2.75, 3.05) is 13.2 Å². The van der Waals surface area contributed by atoms with Crippen molar-refractivity contribution < 1.29 is 48.8 Å². The number of hydrogen-bond acceptors (Lipinski definition) is 10. The van der Waals surface area contributed by atoms with Gasteiger partial charge in [-0.3, -0.25) is 29.0 Å². The molecule has 3 saturated carbocycles. The van der Waals surface area contributed by atoms with E-state index in [0.29, 0.717) is 44.2 Å². The summed E-state index contributed by atoms with van der Waals surface area (Å²) in [5.41, 5.74) is -6.51. The van der Waals surface area contributed by atoms with Gasteiger partial charge in [-0.1, -0.05) is 53.2 Å². The zero-order valence-corrected chi connectivity index (χ0v) is 33.7. The summed E-state index contributed by atoms with van der Waals surface area (Å²) < 4.78 is 17.6. The molecule has 0 aromatic rings. The summed E-state index contributed by atoms with van der Waals surface area (Å²) >= 11 is 0. The van der Waals surface area contributed by atoms with Crippen LogP contribution in [0.3, 0.4) is 0 Å². The first-order valence-electron chi connectivity index (χ1n) is 19.9. The number of rotatable bonds is 18. The van der Waals surface area contributed by atoms with E-state index < -0.39 is 69.4 Å². The average Bonchev–Trinajstić information content (AvgIpc) is 3.31. The van der Waals surface area contributed by atoms with Gasteiger partial charge in [-0.05, 0) is 82.8 Å². The van der Waals surface area contributed by atoms with Gasteiger partial charge in [0.1, 0.15) is 29.6 Å². The Morgan fingerprint density at radius 1 is 1.00 bits per heavy atom. The molecule has 4 N–H and O–H groups in total. The molecule has 54 heavy (non-hydrogen) atoms. The molecule has 2 unspecified atom stereocenters. The molecule has 4 aliphatic rings. The van der Waals surface area contributed by atoms with Crippen LogP contribution in [-0.4, -0.2) is 91.7 Å². The van der Waals surface area contributed by atoms with Crippen molar-refractivity contribution in [3.8, 4) is 0 Å². The number of allylic oxidation sites excluding steroid dienone is 4. The predicted molar refractivity (Wildman–Crippen MR) is 203 cm³/mol. The minimum absolute atomic E-state index is 0.00404. The largest absolute Gasteiger partial charge is 0.393 e. The highest BCUT2D eigenvalue weighted by Crippen LogP contribution is 2.70. The molecule has 0 spiro atoms. The van der Waals surface area contributed by atoms with Crippen LogP contribution in [0.15, 0.2) is 28.8 Å². The number of halogens is 1. The summed E-state index contributed by atoms with van der Waals surface area (Å²) in [5, 5.41) is 42.5. The first-order chi connectivity index (χ1) is 25.0. The molecule has 11 heteroatoms. The third-order valence-corrected chi connectivity index (χ3v) is 14.4. The number of alkyl halides is 1. The standard InChI is InChI=1S/C43H64FNO9/c1-9-39(6,35(51)16-10-27(3)47)25-38(4,5)34(50)17-14-30(48)12-13-31(49)23-45-29-18-19-40(7)28(21-29)11-15-32-33-20-26(2)43(54,37(53)24-46)41(33,8)22-36(52)42(32,40)44/h18-19,21,26-27,32-33,36,46-47,52,54H,9-17,20,22-25H2,1-8H3/t26-,27?,32+,33+,36+,39?,40+,41+,42+,43+/m1/s1. The molecule has 0 aromatic heterocycles. The maximum Gasteiger partial charge on any atom is 0.190 e. The van der Waals surface area contributed by atoms with Crippen LogP contribution in [-0.2, 0) is 24.0 Å². The van der Waals surface area contributed by atoms with Crippen LogP contribution in [0.4, 0.5) is 4.39 Å². The molecule has 4 rings (SSSR count). The molecular weight excluding hydrogens is 693 g/mol. The van der Waals surface area contributed by atoms with E-state index >= 15 is 4.39 Å². The van der Waals surface area contributed by atoms with E-state index in [9.17, 15) is 44.4 Å². The third-order valence-electron chi connectivity index (χ3n) is 14.4. The highest BCUT2D eigenvalue weighted by atomic mass is 19.1. The van der Waals surface area contributed by atoms with Gasteiger partial charge in [-0.25, -0.2) is 4.39 Å². The number of carbonyl (C=O) groups excluding carboxylic acids is 5. The van der Waals surface area contributed by atoms with Crippen LogP contribution in [0.2, 0.25) is 0 Å². The van der Waals surface area contributed by atoms with E-state index in [1.807, 2.05) is 13.8 Å². The van der Waals surface area contributed by atoms with Gasteiger partial charge in [0, 0.05) is 59.7 Å². The molecule has 10 atom stereocenters. The van der Waals surface area contributed by atoms with Crippen molar-refractivity contribution >= 4 is 34.6 Å². The summed E-state index contributed by atoms with van der Waals surface area (Å²) in [6.45, 7) is 13.3. The lowest BCUT2D eigenvalue weighted by Gasteiger charge is -2.62. The van der Waals surface area contributed by atoms with Crippen molar-refractivity contribution in [2.24, 2.45) is 44.4 Å². The Hall–Kier alpha value is -2.73. The first-order valence-corrected chi connectivity index (χ1v) is 19.9. The van der Waals surface area contributed by atoms with Crippen molar-refractivity contribution in [3.05, 3.63) is 23.8 Å². The highest BCUT2D eigenvalue weighted by molar-refractivity contribution is 6.06. The van der Waals surface area contributed by atoms with Crippen molar-refractivity contribution in [1.29, 1.82) is 0 Å². The van der Waals surface area contributed by atoms with Crippen LogP contribution < -0.4 is 0 Å². The monoisotopic (exact) mass is 757 g/mol. The third kappa shape index (κ3) is 7.68. The Bertz CT molecular complexity index is 1600. The molecule has 302 valence electrons. The van der Waals surface area contributed by atoms with E-state index in [2.05, 4.69) is 4.99 Å². The molecule has 0 heterocycles. The quantitative estimate of drug-likeness (QED) is 0.139. The lowest BCUT2D eigenvalue weighted by Crippen LogP contribution is -2.69. The molecule has 0 amide bonds. The number of fused-ring (bicyclic) bond motifs is 5. The predicted octanol–water partition coefficient (Wildman–Crippen LogP) is 5.60. The first kappa shape index (κ1) is 44.0. The molecule has 0 aromatic carbocycles. The maximum absolute atomic E-state index is 17.6. The molecule has 0 radical (unpaired) electrons. The van der Waals surface area contributed by atoms with Crippen LogP contribution in [0, 0.1) is 39.4 Å². The van der Waals surface area contributed by atoms with E-state index in [0.717, 1.165) is 5.57 Å². The number of Topliss-reactive ketones (excluding diaryl/α,β-unsaturated/α-hetero) is 5. The van der Waals surface area contributed by atoms with E-state index in [-0.39, 0.29) is 74.1 Å². The molecule has 10 nitrogen and oxygen atoms in total. The zero-order valence-electron chi connectivity index (χ0n) is 33.7. The highest BCUT2D eigenvalue weighted by Gasteiger charge is 2.75. The fourth-order valence-corrected chi connectivity index (χ4v) is 10.8. The molecule has 4 aliphatic carbocycles. The van der Waals surface area contributed by atoms with Crippen LogP contribution in [0.5, 0.6) is 0 Å². The number of aliphatic hydroxyl groups is 4. The van der Waals surface area contributed by atoms with Crippen molar-refractivity contribution in [1.82, 2.24) is 0 Å². The van der Waals surface area contributed by atoms with Gasteiger partial charge in [0.25, 0.3) is 0 Å². The van der Waals surface area contributed by atoms with Crippen LogP contribution in [0.1, 0.15) is 132 Å². The SMILES string of the molecule is CCC(C)(CC(C)(C)C(=O)CCC(=O)CCC(=O)CN=C1C=C[C@@]2(C)C(=C1)CC[C@H]1[C@@H]3C[C@@H](C)[C@](O)(C(=O)CO)[C@@]3(C)C[C@H](O)[C@@]12F)C(=O)CCC(C)O. The number of aliphatic hydroxyl groups excluding tert-OH is 3. The minimum Gasteiger partial charge on any atom is -0.393 e. The van der Waals surface area contributed by atoms with Crippen LogP contribution in [0.25, 0.3) is 0 Å². The summed E-state index contributed by atoms with van der Waals surface area (Å²) in [7, 11) is 0. The van der Waals surface area contributed by atoms with Gasteiger partial charge in [0.05, 0.1) is 24.5 Å². The van der Waals surface area contributed by atoms with Gasteiger partial charge in [-0.15, -0.1) is 0 Å². The lowest BCUT2D eigenvalue weighted by atomic mass is 9.44. The van der Waals surface area contributed by atoms with E-state index in [4.69, 9.17) is 0 Å². The number of carbonyl (C=O) groups is 5. The number of aliphatic imine (C=N–C) groups is 1. The lowest BCUT2D eigenvalue weighted by molar-refractivity contribution is -0.219. The molecular formula is C43H64FNO9. The zero-order chi connectivity index (χ0) is 40.7. The minimum atomic E-state index is -2.07. The summed E-state index contributed by atoms with van der Waals surface area (Å²) in [6, 6.07) is 0. The second-order valence-corrected chi connectivity index (χ2v) is 18.4. The number of hydrogen-bond donors (Lipinski definition) is 4. The Balaban J connectivity index is 1.33. The van der Waals surface area contributed by atoms with Gasteiger partial charge >= 0.3 is 0 Å². The van der Waals surface area contributed by atoms with Crippen molar-refractivity contribution in [2.45, 2.75) is 156 Å².